The minimum Gasteiger partial charge on any atom is -0.282 e. The van der Waals surface area contributed by atoms with E-state index in [-0.39, 0.29) is 4.90 Å². The summed E-state index contributed by atoms with van der Waals surface area (Å²) in [5.41, 5.74) is 0.698. The Labute approximate surface area is 88.0 Å². The summed E-state index contributed by atoms with van der Waals surface area (Å²) in [5.74, 6) is 0. The van der Waals surface area contributed by atoms with Gasteiger partial charge in [-0.05, 0) is 34.1 Å². The van der Waals surface area contributed by atoms with Crippen molar-refractivity contribution in [2.45, 2.75) is 4.90 Å². The van der Waals surface area contributed by atoms with Crippen molar-refractivity contribution in [2.24, 2.45) is 0 Å². The maximum Gasteiger partial charge on any atom is 0.294 e. The SMILES string of the molecule is O=S(=O)(O)c1ccc2[nH]nc(Br)c2c1. The van der Waals surface area contributed by atoms with E-state index in [9.17, 15) is 8.42 Å². The standard InChI is InChI=1S/C7H5BrN2O3S/c8-7-5-3-4(14(11,12)13)1-2-6(5)9-10-7/h1-3H,(H,9,10)(H,11,12,13). The van der Waals surface area contributed by atoms with Crippen molar-refractivity contribution in [1.29, 1.82) is 0 Å². The van der Waals surface area contributed by atoms with Crippen LogP contribution in [-0.4, -0.2) is 23.2 Å². The second kappa shape index (κ2) is 3.04. The molecule has 0 amide bonds. The monoisotopic (exact) mass is 276 g/mol. The number of aromatic nitrogens is 2. The highest BCUT2D eigenvalue weighted by Gasteiger charge is 2.11. The first kappa shape index (κ1) is 9.63. The van der Waals surface area contributed by atoms with Gasteiger partial charge in [-0.3, -0.25) is 9.65 Å². The summed E-state index contributed by atoms with van der Waals surface area (Å²) in [6.07, 6.45) is 0. The molecule has 5 nitrogen and oxygen atoms in total. The van der Waals surface area contributed by atoms with Crippen LogP contribution in [0.4, 0.5) is 0 Å². The van der Waals surface area contributed by atoms with Crippen LogP contribution in [0.25, 0.3) is 10.9 Å². The highest BCUT2D eigenvalue weighted by molar-refractivity contribution is 9.10. The summed E-state index contributed by atoms with van der Waals surface area (Å²) in [7, 11) is -4.15. The summed E-state index contributed by atoms with van der Waals surface area (Å²) < 4.78 is 31.0. The lowest BCUT2D eigenvalue weighted by Gasteiger charge is -1.95. The van der Waals surface area contributed by atoms with Gasteiger partial charge >= 0.3 is 0 Å². The molecule has 2 N–H and O–H groups in total. The number of halogens is 1. The summed E-state index contributed by atoms with van der Waals surface area (Å²) in [6.45, 7) is 0. The molecule has 0 aliphatic heterocycles. The lowest BCUT2D eigenvalue weighted by atomic mass is 10.3. The van der Waals surface area contributed by atoms with Gasteiger partial charge < -0.3 is 0 Å². The fourth-order valence-corrected chi connectivity index (χ4v) is 2.05. The number of nitrogens with zero attached hydrogens (tertiary/aromatic N) is 1. The van der Waals surface area contributed by atoms with Crippen LogP contribution in [0.2, 0.25) is 0 Å². The normalized spacial score (nSPS) is 12.1. The molecular formula is C7H5BrN2O3S. The van der Waals surface area contributed by atoms with Gasteiger partial charge in [0.25, 0.3) is 10.1 Å². The van der Waals surface area contributed by atoms with Crippen molar-refractivity contribution in [1.82, 2.24) is 10.2 Å². The van der Waals surface area contributed by atoms with E-state index in [1.54, 1.807) is 0 Å². The van der Waals surface area contributed by atoms with Gasteiger partial charge in [0.2, 0.25) is 0 Å². The van der Waals surface area contributed by atoms with Crippen LogP contribution in [0.1, 0.15) is 0 Å². The molecule has 0 fully saturated rings. The second-order valence-corrected chi connectivity index (χ2v) is 4.87. The molecule has 0 bridgehead atoms. The number of benzene rings is 1. The summed E-state index contributed by atoms with van der Waals surface area (Å²) in [4.78, 5) is -0.146. The minimum absolute atomic E-state index is 0.146. The first-order chi connectivity index (χ1) is 6.48. The molecule has 1 aromatic heterocycles. The molecule has 7 heteroatoms. The van der Waals surface area contributed by atoms with Crippen LogP contribution in [0.5, 0.6) is 0 Å². The molecule has 0 atom stereocenters. The van der Waals surface area contributed by atoms with Crippen LogP contribution >= 0.6 is 15.9 Å². The zero-order valence-electron chi connectivity index (χ0n) is 6.73. The average molecular weight is 277 g/mol. The van der Waals surface area contributed by atoms with E-state index in [1.165, 1.54) is 18.2 Å². The van der Waals surface area contributed by atoms with Gasteiger partial charge in [-0.2, -0.15) is 13.5 Å². The van der Waals surface area contributed by atoms with Gasteiger partial charge in [0.15, 0.2) is 0 Å². The first-order valence-electron chi connectivity index (χ1n) is 3.59. The Kier molecular flexibility index (Phi) is 2.09. The number of H-pyrrole nitrogens is 1. The lowest BCUT2D eigenvalue weighted by Crippen LogP contribution is -1.96. The van der Waals surface area contributed by atoms with Gasteiger partial charge in [-0.1, -0.05) is 0 Å². The molecule has 2 rings (SSSR count). The molecule has 0 spiro atoms. The highest BCUT2D eigenvalue weighted by Crippen LogP contribution is 2.23. The first-order valence-corrected chi connectivity index (χ1v) is 5.83. The fraction of sp³-hybridized carbons (Fsp3) is 0. The number of rotatable bonds is 1. The van der Waals surface area contributed by atoms with E-state index in [0.717, 1.165) is 0 Å². The maximum absolute atomic E-state index is 10.8. The second-order valence-electron chi connectivity index (χ2n) is 2.70. The van der Waals surface area contributed by atoms with Crippen LogP contribution in [0.3, 0.4) is 0 Å². The van der Waals surface area contributed by atoms with Crippen LogP contribution < -0.4 is 0 Å². The number of nitrogens with one attached hydrogen (secondary N) is 1. The van der Waals surface area contributed by atoms with Crippen molar-refractivity contribution >= 4 is 37.0 Å². The van der Waals surface area contributed by atoms with Gasteiger partial charge in [-0.25, -0.2) is 0 Å². The summed E-state index contributed by atoms with van der Waals surface area (Å²) in [5, 5.41) is 7.14. The Bertz CT molecular complexity index is 590. The molecule has 0 aliphatic carbocycles. The maximum atomic E-state index is 10.8. The van der Waals surface area contributed by atoms with Crippen molar-refractivity contribution in [3.05, 3.63) is 22.8 Å². The van der Waals surface area contributed by atoms with Gasteiger partial charge in [-0.15, -0.1) is 0 Å². The van der Waals surface area contributed by atoms with Gasteiger partial charge in [0.1, 0.15) is 4.60 Å². The highest BCUT2D eigenvalue weighted by atomic mass is 79.9. The largest absolute Gasteiger partial charge is 0.294 e. The zero-order valence-corrected chi connectivity index (χ0v) is 9.13. The third-order valence-electron chi connectivity index (χ3n) is 1.79. The average Bonchev–Trinajstić information content (AvgIpc) is 2.46. The molecule has 1 heterocycles. The van der Waals surface area contributed by atoms with Crippen molar-refractivity contribution in [2.75, 3.05) is 0 Å². The number of aromatic amines is 1. The van der Waals surface area contributed by atoms with Crippen LogP contribution in [0.15, 0.2) is 27.7 Å². The third-order valence-corrected chi connectivity index (χ3v) is 3.24. The molecule has 0 radical (unpaired) electrons. The molecule has 14 heavy (non-hydrogen) atoms. The molecule has 0 aliphatic rings. The predicted molar refractivity (Wildman–Crippen MR) is 53.6 cm³/mol. The van der Waals surface area contributed by atoms with E-state index in [1.807, 2.05) is 0 Å². The van der Waals surface area contributed by atoms with E-state index in [0.29, 0.717) is 15.5 Å². The quantitative estimate of drug-likeness (QED) is 0.775. The summed E-state index contributed by atoms with van der Waals surface area (Å²) in [6, 6.07) is 4.19. The Morgan fingerprint density at radius 2 is 2.14 bits per heavy atom. The number of fused-ring (bicyclic) bond motifs is 1. The Morgan fingerprint density at radius 3 is 2.79 bits per heavy atom. The van der Waals surface area contributed by atoms with E-state index in [4.69, 9.17) is 4.55 Å². The fourth-order valence-electron chi connectivity index (χ4n) is 1.12. The molecular weight excluding hydrogens is 272 g/mol. The number of hydrogen-bond acceptors (Lipinski definition) is 3. The topological polar surface area (TPSA) is 83.0 Å². The summed E-state index contributed by atoms with van der Waals surface area (Å²) >= 11 is 3.15. The third kappa shape index (κ3) is 1.54. The minimum atomic E-state index is -4.15. The lowest BCUT2D eigenvalue weighted by molar-refractivity contribution is 0.483. The number of hydrogen-bond donors (Lipinski definition) is 2. The van der Waals surface area contributed by atoms with Crippen molar-refractivity contribution in [3.8, 4) is 0 Å². The van der Waals surface area contributed by atoms with E-state index < -0.39 is 10.1 Å². The van der Waals surface area contributed by atoms with Crippen LogP contribution in [-0.2, 0) is 10.1 Å². The van der Waals surface area contributed by atoms with Crippen LogP contribution in [0, 0.1) is 0 Å². The molecule has 0 unspecified atom stereocenters. The Hall–Kier alpha value is -0.920. The molecule has 74 valence electrons. The zero-order chi connectivity index (χ0) is 10.3. The Balaban J connectivity index is 2.79. The van der Waals surface area contributed by atoms with Crippen molar-refractivity contribution < 1.29 is 13.0 Å². The molecule has 0 saturated heterocycles. The predicted octanol–water partition coefficient (Wildman–Crippen LogP) is 1.57. The Morgan fingerprint density at radius 1 is 1.43 bits per heavy atom. The smallest absolute Gasteiger partial charge is 0.282 e. The van der Waals surface area contributed by atoms with E-state index >= 15 is 0 Å². The van der Waals surface area contributed by atoms with Crippen molar-refractivity contribution in [3.63, 3.8) is 0 Å². The van der Waals surface area contributed by atoms with E-state index in [2.05, 4.69) is 26.1 Å². The molecule has 2 aromatic rings. The van der Waals surface area contributed by atoms with Gasteiger partial charge in [0, 0.05) is 5.39 Å². The molecule has 0 saturated carbocycles. The van der Waals surface area contributed by atoms with Gasteiger partial charge in [0.05, 0.1) is 10.4 Å². The molecule has 1 aromatic carbocycles.